The average molecular weight is 261 g/mol. The molecule has 6 heteroatoms. The Labute approximate surface area is 112 Å². The summed E-state index contributed by atoms with van der Waals surface area (Å²) in [5, 5.41) is 19.8. The molecule has 0 atom stereocenters. The molecule has 1 aromatic rings. The minimum absolute atomic E-state index is 0.371. The van der Waals surface area contributed by atoms with Gasteiger partial charge in [-0.2, -0.15) is 0 Å². The largest absolute Gasteiger partial charge is 0.488 e. The second-order valence-electron chi connectivity index (χ2n) is 5.49. The lowest BCUT2D eigenvalue weighted by molar-refractivity contribution is -0.00804. The Morgan fingerprint density at radius 3 is 2.58 bits per heavy atom. The molecule has 5 nitrogen and oxygen atoms in total. The average Bonchev–Trinajstić information content (AvgIpc) is 2.64. The first kappa shape index (κ1) is 13.8. The Bertz CT molecular complexity index is 544. The van der Waals surface area contributed by atoms with Crippen molar-refractivity contribution in [1.82, 2.24) is 0 Å². The van der Waals surface area contributed by atoms with Crippen molar-refractivity contribution in [3.8, 4) is 0 Å². The second-order valence-corrected chi connectivity index (χ2v) is 5.49. The smallest absolute Gasteiger partial charge is 0.423 e. The van der Waals surface area contributed by atoms with Gasteiger partial charge in [-0.15, -0.1) is 0 Å². The Hall–Kier alpha value is -1.59. The molecule has 1 aliphatic rings. The van der Waals surface area contributed by atoms with Crippen LogP contribution in [0, 0.1) is 0 Å². The normalized spacial score (nSPS) is 14.4. The number of hydroxylamine groups is 1. The van der Waals surface area contributed by atoms with Crippen molar-refractivity contribution in [2.24, 2.45) is 0 Å². The van der Waals surface area contributed by atoms with Crippen molar-refractivity contribution in [2.75, 3.05) is 5.06 Å². The fraction of sp³-hybridized carbons (Fsp3) is 0.385. The van der Waals surface area contributed by atoms with Crippen molar-refractivity contribution >= 4 is 24.2 Å². The van der Waals surface area contributed by atoms with E-state index in [-0.39, 0.29) is 0 Å². The van der Waals surface area contributed by atoms with Crippen molar-refractivity contribution < 1.29 is 19.7 Å². The number of hydrogen-bond acceptors (Lipinski definition) is 5. The van der Waals surface area contributed by atoms with Crippen LogP contribution in [0.2, 0.25) is 0 Å². The molecular formula is C13H16BNO4. The Morgan fingerprint density at radius 2 is 2.05 bits per heavy atom. The minimum Gasteiger partial charge on any atom is -0.423 e. The summed E-state index contributed by atoms with van der Waals surface area (Å²) in [7, 11) is -1.52. The molecule has 2 rings (SSSR count). The van der Waals surface area contributed by atoms with Crippen molar-refractivity contribution in [3.05, 3.63) is 29.5 Å². The van der Waals surface area contributed by atoms with Gasteiger partial charge in [0, 0.05) is 6.42 Å². The van der Waals surface area contributed by atoms with E-state index in [0.29, 0.717) is 17.6 Å². The summed E-state index contributed by atoms with van der Waals surface area (Å²) in [6.07, 6.45) is 0.371. The van der Waals surface area contributed by atoms with Gasteiger partial charge in [0.1, 0.15) is 11.6 Å². The van der Waals surface area contributed by atoms with Gasteiger partial charge >= 0.3 is 7.12 Å². The van der Waals surface area contributed by atoms with Crippen LogP contribution in [0.4, 0.5) is 5.69 Å². The van der Waals surface area contributed by atoms with Gasteiger partial charge in [0.25, 0.3) is 0 Å². The summed E-state index contributed by atoms with van der Waals surface area (Å²) >= 11 is 0. The van der Waals surface area contributed by atoms with Crippen LogP contribution in [0.15, 0.2) is 23.9 Å². The van der Waals surface area contributed by atoms with Crippen LogP contribution in [0.25, 0.3) is 0 Å². The van der Waals surface area contributed by atoms with E-state index < -0.39 is 12.7 Å². The van der Waals surface area contributed by atoms with E-state index in [2.05, 4.69) is 0 Å². The molecule has 1 aromatic carbocycles. The molecule has 1 aliphatic heterocycles. The van der Waals surface area contributed by atoms with Gasteiger partial charge in [0.2, 0.25) is 0 Å². The van der Waals surface area contributed by atoms with E-state index in [1.54, 1.807) is 18.2 Å². The first-order chi connectivity index (χ1) is 8.81. The zero-order chi connectivity index (χ0) is 14.2. The zero-order valence-electron chi connectivity index (χ0n) is 11.2. The SMILES string of the molecule is CC(C)(C)ON1C(=C=O)Cc2cc(B(O)O)ccc21. The van der Waals surface area contributed by atoms with Crippen molar-refractivity contribution in [3.63, 3.8) is 0 Å². The van der Waals surface area contributed by atoms with Gasteiger partial charge in [-0.25, -0.2) is 9.86 Å². The third-order valence-electron chi connectivity index (χ3n) is 2.71. The lowest BCUT2D eigenvalue weighted by Crippen LogP contribution is -2.32. The molecule has 0 saturated carbocycles. The number of nitrogens with zero attached hydrogens (tertiary/aromatic N) is 1. The number of benzene rings is 1. The standard InChI is InChI=1S/C13H16BNO4/c1-13(2,3)19-15-11(8-16)7-9-6-10(14(17)18)4-5-12(9)15/h4-6,17-18H,7H2,1-3H3. The molecular weight excluding hydrogens is 245 g/mol. The maximum atomic E-state index is 11.0. The minimum atomic E-state index is -1.52. The van der Waals surface area contributed by atoms with E-state index >= 15 is 0 Å². The van der Waals surface area contributed by atoms with Crippen LogP contribution in [0.3, 0.4) is 0 Å². The molecule has 2 N–H and O–H groups in total. The fourth-order valence-electron chi connectivity index (χ4n) is 1.96. The third-order valence-corrected chi connectivity index (χ3v) is 2.71. The number of anilines is 1. The van der Waals surface area contributed by atoms with E-state index in [0.717, 1.165) is 11.3 Å². The molecule has 0 aliphatic carbocycles. The molecule has 0 bridgehead atoms. The highest BCUT2D eigenvalue weighted by atomic mass is 16.7. The summed E-state index contributed by atoms with van der Waals surface area (Å²) in [5.74, 6) is 1.87. The van der Waals surface area contributed by atoms with Gasteiger partial charge in [-0.3, -0.25) is 4.84 Å². The summed E-state index contributed by atoms with van der Waals surface area (Å²) in [5.41, 5.74) is 1.88. The summed E-state index contributed by atoms with van der Waals surface area (Å²) in [6, 6.07) is 4.96. The number of fused-ring (bicyclic) bond motifs is 1. The Morgan fingerprint density at radius 1 is 1.37 bits per heavy atom. The van der Waals surface area contributed by atoms with Crippen LogP contribution in [0.1, 0.15) is 26.3 Å². The van der Waals surface area contributed by atoms with E-state index in [4.69, 9.17) is 14.9 Å². The molecule has 0 spiro atoms. The van der Waals surface area contributed by atoms with Gasteiger partial charge < -0.3 is 10.0 Å². The first-order valence-corrected chi connectivity index (χ1v) is 6.04. The summed E-state index contributed by atoms with van der Waals surface area (Å²) in [6.45, 7) is 5.66. The summed E-state index contributed by atoms with van der Waals surface area (Å²) in [4.78, 5) is 16.7. The molecule has 0 saturated heterocycles. The van der Waals surface area contributed by atoms with Gasteiger partial charge in [0.15, 0.2) is 0 Å². The number of carbonyl (C=O) groups excluding carboxylic acids is 1. The van der Waals surface area contributed by atoms with Gasteiger partial charge in [-0.1, -0.05) is 12.1 Å². The van der Waals surface area contributed by atoms with Crippen LogP contribution in [-0.2, 0) is 16.1 Å². The third kappa shape index (κ3) is 2.88. The Kier molecular flexibility index (Phi) is 3.52. The molecule has 0 aromatic heterocycles. The number of hydrogen-bond donors (Lipinski definition) is 2. The van der Waals surface area contributed by atoms with Crippen LogP contribution >= 0.6 is 0 Å². The maximum Gasteiger partial charge on any atom is 0.488 e. The Balaban J connectivity index is 2.40. The quantitative estimate of drug-likeness (QED) is 0.587. The van der Waals surface area contributed by atoms with Crippen molar-refractivity contribution in [2.45, 2.75) is 32.8 Å². The topological polar surface area (TPSA) is 70.0 Å². The van der Waals surface area contributed by atoms with Crippen LogP contribution in [0.5, 0.6) is 0 Å². The second kappa shape index (κ2) is 4.83. The predicted octanol–water partition coefficient (Wildman–Crippen LogP) is 0.174. The van der Waals surface area contributed by atoms with Crippen LogP contribution in [-0.4, -0.2) is 28.7 Å². The number of allylic oxidation sites excluding steroid dienone is 1. The molecule has 0 unspecified atom stereocenters. The zero-order valence-corrected chi connectivity index (χ0v) is 11.2. The van der Waals surface area contributed by atoms with Crippen LogP contribution < -0.4 is 10.5 Å². The van der Waals surface area contributed by atoms with Gasteiger partial charge in [0.05, 0.1) is 11.3 Å². The molecule has 0 radical (unpaired) electrons. The molecule has 0 amide bonds. The van der Waals surface area contributed by atoms with E-state index in [9.17, 15) is 4.79 Å². The molecule has 1 heterocycles. The molecule has 0 fully saturated rings. The van der Waals surface area contributed by atoms with Crippen molar-refractivity contribution in [1.29, 1.82) is 0 Å². The predicted molar refractivity (Wildman–Crippen MR) is 72.5 cm³/mol. The lowest BCUT2D eigenvalue weighted by atomic mass is 9.79. The number of rotatable bonds is 2. The van der Waals surface area contributed by atoms with E-state index in [1.807, 2.05) is 26.7 Å². The maximum absolute atomic E-state index is 11.0. The fourth-order valence-corrected chi connectivity index (χ4v) is 1.96. The van der Waals surface area contributed by atoms with Gasteiger partial charge in [-0.05, 0) is 37.9 Å². The molecule has 100 valence electrons. The highest BCUT2D eigenvalue weighted by Crippen LogP contribution is 2.34. The summed E-state index contributed by atoms with van der Waals surface area (Å²) < 4.78 is 0. The first-order valence-electron chi connectivity index (χ1n) is 6.04. The monoisotopic (exact) mass is 261 g/mol. The highest BCUT2D eigenvalue weighted by molar-refractivity contribution is 6.58. The highest BCUT2D eigenvalue weighted by Gasteiger charge is 2.30. The molecule has 19 heavy (non-hydrogen) atoms. The lowest BCUT2D eigenvalue weighted by Gasteiger charge is -2.28. The van der Waals surface area contributed by atoms with E-state index in [1.165, 1.54) is 5.06 Å².